The second-order valence-electron chi connectivity index (χ2n) is 20.6. The van der Waals surface area contributed by atoms with Crippen molar-refractivity contribution in [2.24, 2.45) is 0 Å². The van der Waals surface area contributed by atoms with Crippen molar-refractivity contribution in [1.82, 2.24) is 28.2 Å². The van der Waals surface area contributed by atoms with Gasteiger partial charge in [-0.05, 0) is 143 Å². The van der Waals surface area contributed by atoms with Crippen molar-refractivity contribution in [2.45, 2.75) is 0 Å². The van der Waals surface area contributed by atoms with Crippen molar-refractivity contribution in [2.75, 3.05) is 0 Å². The Balaban J connectivity index is 0.739. The highest BCUT2D eigenvalue weighted by atomic mass is 15.1. The number of hydrogen-bond donors (Lipinski definition) is 0. The zero-order valence-corrected chi connectivity index (χ0v) is 43.4. The molecule has 0 saturated carbocycles. The van der Waals surface area contributed by atoms with E-state index < -0.39 is 0 Å². The molecule has 0 aliphatic rings. The van der Waals surface area contributed by atoms with Crippen LogP contribution in [0.3, 0.4) is 0 Å². The molecule has 6 nitrogen and oxygen atoms in total. The first-order chi connectivity index (χ1) is 39.7. The smallest absolute Gasteiger partial charge is 0.145 e. The lowest BCUT2D eigenvalue weighted by atomic mass is 9.99. The predicted octanol–water partition coefficient (Wildman–Crippen LogP) is 18.9. The van der Waals surface area contributed by atoms with Crippen LogP contribution in [0, 0.1) is 0 Å². The maximum absolute atomic E-state index is 5.18. The first kappa shape index (κ1) is 45.4. The first-order valence-corrected chi connectivity index (χ1v) is 27.2. The molecule has 4 aromatic heterocycles. The van der Waals surface area contributed by atoms with Crippen LogP contribution in [0.1, 0.15) is 0 Å². The van der Waals surface area contributed by atoms with Gasteiger partial charge in [0.15, 0.2) is 0 Å². The van der Waals surface area contributed by atoms with Gasteiger partial charge < -0.3 is 9.13 Å². The summed E-state index contributed by atoms with van der Waals surface area (Å²) >= 11 is 0. The van der Waals surface area contributed by atoms with Crippen LogP contribution in [-0.4, -0.2) is 28.2 Å². The Morgan fingerprint density at radius 1 is 0.212 bits per heavy atom. The summed E-state index contributed by atoms with van der Waals surface area (Å²) in [4.78, 5) is 10.3. The van der Waals surface area contributed by atoms with Crippen molar-refractivity contribution in [3.05, 3.63) is 291 Å². The highest BCUT2D eigenvalue weighted by Crippen LogP contribution is 2.42. The second kappa shape index (κ2) is 18.4. The van der Waals surface area contributed by atoms with E-state index in [0.717, 1.165) is 89.8 Å². The Hall–Kier alpha value is -10.8. The fourth-order valence-corrected chi connectivity index (χ4v) is 12.3. The van der Waals surface area contributed by atoms with Crippen LogP contribution in [0.15, 0.2) is 291 Å². The number of fused-ring (bicyclic) bond motifs is 8. The number of imidazole rings is 2. The van der Waals surface area contributed by atoms with Crippen LogP contribution in [0.5, 0.6) is 0 Å². The zero-order valence-electron chi connectivity index (χ0n) is 43.4. The quantitative estimate of drug-likeness (QED) is 0.145. The molecule has 0 bridgehead atoms. The minimum absolute atomic E-state index is 0.917. The van der Waals surface area contributed by atoms with E-state index in [1.807, 2.05) is 0 Å². The summed E-state index contributed by atoms with van der Waals surface area (Å²) in [6.45, 7) is 0. The fraction of sp³-hybridized carbons (Fsp3) is 0. The lowest BCUT2D eigenvalue weighted by Crippen LogP contribution is -1.97. The van der Waals surface area contributed by atoms with E-state index in [-0.39, 0.29) is 0 Å². The Labute approximate surface area is 461 Å². The summed E-state index contributed by atoms with van der Waals surface area (Å²) in [5, 5.41) is 4.89. The molecule has 80 heavy (non-hydrogen) atoms. The van der Waals surface area contributed by atoms with Gasteiger partial charge in [0.2, 0.25) is 0 Å². The summed E-state index contributed by atoms with van der Waals surface area (Å²) in [5.74, 6) is 1.84. The highest BCUT2D eigenvalue weighted by molar-refractivity contribution is 6.16. The van der Waals surface area contributed by atoms with Gasteiger partial charge in [0.1, 0.15) is 11.6 Å². The summed E-state index contributed by atoms with van der Waals surface area (Å²) in [5.41, 5.74) is 22.3. The lowest BCUT2D eigenvalue weighted by molar-refractivity contribution is 1.10. The summed E-state index contributed by atoms with van der Waals surface area (Å²) in [7, 11) is 0. The number of nitrogens with zero attached hydrogens (tertiary/aromatic N) is 6. The van der Waals surface area contributed by atoms with Gasteiger partial charge in [-0.3, -0.25) is 9.13 Å². The van der Waals surface area contributed by atoms with Crippen LogP contribution in [0.4, 0.5) is 0 Å². The fourth-order valence-electron chi connectivity index (χ4n) is 12.3. The molecule has 0 aliphatic heterocycles. The SMILES string of the molecule is c1ccc(-n2c(-c3ccc(-c4ccc5c(c4)c4ccccc4n5-c4ccc(-c5cccc6c5c5ccccc5n6-c5cccc(-c6cccc(-c7nc8ccccc8n7-c7ccccc7)c6)c5)cc4)cc3)nc3ccccc32)cc1. The monoisotopic (exact) mass is 1020 g/mol. The Morgan fingerprint density at radius 2 is 0.650 bits per heavy atom. The average Bonchev–Trinajstić information content (AvgIpc) is 4.39. The maximum atomic E-state index is 5.18. The Morgan fingerprint density at radius 3 is 1.34 bits per heavy atom. The molecular formula is C74H48N6. The third kappa shape index (κ3) is 7.34. The largest absolute Gasteiger partial charge is 0.309 e. The standard InChI is InChI=1S/C74H48N6/c1-3-21-56(22-4-1)79-69-33-13-9-29-64(69)75-73(79)51-38-36-49(37-39-51)54-42-45-68-63(48-54)61-26-7-11-31-66(61)77(68)58-43-40-50(41-44-58)60-28-17-35-71-72(60)62-27-8-12-32-67(62)78(71)59-25-16-19-53(47-59)52-18-15-20-55(46-52)74-76-65-30-10-14-34-70(65)80(74)57-23-5-2-6-24-57/h1-48H. The molecule has 0 spiro atoms. The molecule has 6 heteroatoms. The molecule has 0 atom stereocenters. The van der Waals surface area contributed by atoms with E-state index >= 15 is 0 Å². The summed E-state index contributed by atoms with van der Waals surface area (Å²) in [6, 6.07) is 105. The number of rotatable bonds is 9. The summed E-state index contributed by atoms with van der Waals surface area (Å²) in [6.07, 6.45) is 0. The Kier molecular flexibility index (Phi) is 10.5. The van der Waals surface area contributed by atoms with E-state index in [0.29, 0.717) is 0 Å². The number of hydrogen-bond acceptors (Lipinski definition) is 2. The lowest BCUT2D eigenvalue weighted by Gasteiger charge is -2.13. The molecule has 0 fully saturated rings. The second-order valence-corrected chi connectivity index (χ2v) is 20.6. The van der Waals surface area contributed by atoms with Gasteiger partial charge >= 0.3 is 0 Å². The number of benzene rings is 12. The van der Waals surface area contributed by atoms with E-state index in [2.05, 4.69) is 309 Å². The first-order valence-electron chi connectivity index (χ1n) is 27.2. The maximum Gasteiger partial charge on any atom is 0.145 e. The minimum atomic E-state index is 0.917. The van der Waals surface area contributed by atoms with Crippen molar-refractivity contribution in [3.8, 4) is 78.9 Å². The predicted molar refractivity (Wildman–Crippen MR) is 332 cm³/mol. The highest BCUT2D eigenvalue weighted by Gasteiger charge is 2.20. The number of para-hydroxylation sites is 8. The van der Waals surface area contributed by atoms with Crippen molar-refractivity contribution in [3.63, 3.8) is 0 Å². The molecule has 12 aromatic carbocycles. The third-order valence-electron chi connectivity index (χ3n) is 16.0. The van der Waals surface area contributed by atoms with Crippen LogP contribution in [0.2, 0.25) is 0 Å². The van der Waals surface area contributed by atoms with Crippen LogP contribution in [0.25, 0.3) is 145 Å². The minimum Gasteiger partial charge on any atom is -0.309 e. The molecule has 0 radical (unpaired) electrons. The van der Waals surface area contributed by atoms with E-state index in [9.17, 15) is 0 Å². The molecule has 0 N–H and O–H groups in total. The van der Waals surface area contributed by atoms with Crippen molar-refractivity contribution < 1.29 is 0 Å². The van der Waals surface area contributed by atoms with E-state index in [4.69, 9.17) is 9.97 Å². The van der Waals surface area contributed by atoms with Crippen LogP contribution >= 0.6 is 0 Å². The molecule has 0 unspecified atom stereocenters. The van der Waals surface area contributed by atoms with Crippen LogP contribution < -0.4 is 0 Å². The molecule has 16 rings (SSSR count). The van der Waals surface area contributed by atoms with Crippen molar-refractivity contribution in [1.29, 1.82) is 0 Å². The molecule has 0 amide bonds. The van der Waals surface area contributed by atoms with Crippen LogP contribution in [-0.2, 0) is 0 Å². The molecular weight excluding hydrogens is 973 g/mol. The number of aromatic nitrogens is 6. The van der Waals surface area contributed by atoms with E-state index in [1.165, 1.54) is 54.8 Å². The molecule has 0 saturated heterocycles. The normalized spacial score (nSPS) is 11.8. The third-order valence-corrected chi connectivity index (χ3v) is 16.0. The van der Waals surface area contributed by atoms with E-state index in [1.54, 1.807) is 0 Å². The topological polar surface area (TPSA) is 45.5 Å². The van der Waals surface area contributed by atoms with Gasteiger partial charge in [-0.2, -0.15) is 0 Å². The average molecular weight is 1020 g/mol. The molecule has 4 heterocycles. The van der Waals surface area contributed by atoms with Gasteiger partial charge in [0.05, 0.1) is 44.1 Å². The molecule has 374 valence electrons. The van der Waals surface area contributed by atoms with Gasteiger partial charge in [0, 0.05) is 55.4 Å². The van der Waals surface area contributed by atoms with Gasteiger partial charge in [-0.1, -0.05) is 182 Å². The van der Waals surface area contributed by atoms with Gasteiger partial charge in [0.25, 0.3) is 0 Å². The Bertz CT molecular complexity index is 5040. The van der Waals surface area contributed by atoms with Gasteiger partial charge in [-0.15, -0.1) is 0 Å². The van der Waals surface area contributed by atoms with Gasteiger partial charge in [-0.25, -0.2) is 9.97 Å². The zero-order chi connectivity index (χ0) is 52.7. The summed E-state index contributed by atoms with van der Waals surface area (Å²) < 4.78 is 9.35. The molecule has 0 aliphatic carbocycles. The van der Waals surface area contributed by atoms with Crippen molar-refractivity contribution >= 4 is 65.7 Å². The molecule has 16 aromatic rings.